The van der Waals surface area contributed by atoms with E-state index >= 15 is 0 Å². The van der Waals surface area contributed by atoms with Crippen molar-refractivity contribution >= 4 is 5.78 Å². The number of rotatable bonds is 6. The summed E-state index contributed by atoms with van der Waals surface area (Å²) >= 11 is 0. The highest BCUT2D eigenvalue weighted by molar-refractivity contribution is 5.81. The molecular weight excluding hydrogens is 216 g/mol. The molecule has 0 spiro atoms. The summed E-state index contributed by atoms with van der Waals surface area (Å²) in [6, 6.07) is 0. The van der Waals surface area contributed by atoms with Gasteiger partial charge >= 0.3 is 0 Å². The number of hydrogen-bond donors (Lipinski definition) is 1. The number of Topliss-reactive ketones (excluding diaryl/α,β-unsaturated/α-hetero) is 1. The predicted molar refractivity (Wildman–Crippen MR) is 64.4 cm³/mol. The normalized spacial score (nSPS) is 17.8. The fourth-order valence-electron chi connectivity index (χ4n) is 2.48. The van der Waals surface area contributed by atoms with Crippen LogP contribution >= 0.6 is 0 Å². The van der Waals surface area contributed by atoms with Crippen LogP contribution in [0.3, 0.4) is 0 Å². The van der Waals surface area contributed by atoms with E-state index in [9.17, 15) is 4.79 Å². The zero-order chi connectivity index (χ0) is 12.3. The summed E-state index contributed by atoms with van der Waals surface area (Å²) in [5, 5.41) is 4.07. The van der Waals surface area contributed by atoms with Gasteiger partial charge < -0.3 is 5.73 Å². The zero-order valence-electron chi connectivity index (χ0n) is 10.4. The van der Waals surface area contributed by atoms with Crippen molar-refractivity contribution in [1.29, 1.82) is 0 Å². The topological polar surface area (TPSA) is 73.8 Å². The highest BCUT2D eigenvalue weighted by Crippen LogP contribution is 2.43. The van der Waals surface area contributed by atoms with E-state index in [0.29, 0.717) is 19.4 Å². The average molecular weight is 236 g/mol. The number of carbonyl (C=O) groups excluding carboxylic acids is 1. The van der Waals surface area contributed by atoms with Gasteiger partial charge in [-0.3, -0.25) is 4.79 Å². The molecule has 2 rings (SSSR count). The number of ketones is 1. The quantitative estimate of drug-likeness (QED) is 0.797. The minimum atomic E-state index is 0.0914. The van der Waals surface area contributed by atoms with Crippen molar-refractivity contribution < 1.29 is 4.79 Å². The smallest absolute Gasteiger partial charge is 0.141 e. The van der Waals surface area contributed by atoms with E-state index in [2.05, 4.69) is 10.1 Å². The number of carbonyl (C=O) groups is 1. The molecule has 0 bridgehead atoms. The summed E-state index contributed by atoms with van der Waals surface area (Å²) in [5.41, 5.74) is 5.85. The minimum Gasteiger partial charge on any atom is -0.330 e. The van der Waals surface area contributed by atoms with E-state index in [4.69, 9.17) is 5.73 Å². The van der Waals surface area contributed by atoms with E-state index in [1.54, 1.807) is 4.68 Å². The first-order valence-electron chi connectivity index (χ1n) is 6.27. The molecule has 94 valence electrons. The lowest BCUT2D eigenvalue weighted by molar-refractivity contribution is -0.122. The van der Waals surface area contributed by atoms with Crippen LogP contribution in [-0.4, -0.2) is 27.1 Å². The molecule has 0 atom stereocenters. The molecule has 1 heterocycles. The van der Waals surface area contributed by atoms with Gasteiger partial charge in [-0.05, 0) is 31.7 Å². The first-order chi connectivity index (χ1) is 8.19. The van der Waals surface area contributed by atoms with Crippen LogP contribution in [0, 0.1) is 5.41 Å². The molecule has 0 aliphatic heterocycles. The Morgan fingerprint density at radius 2 is 2.35 bits per heavy atom. The monoisotopic (exact) mass is 236 g/mol. The SMILES string of the molecule is CCn1ncnc1CC(=O)CC1(CN)CCC1. The van der Waals surface area contributed by atoms with Gasteiger partial charge in [-0.25, -0.2) is 9.67 Å². The summed E-state index contributed by atoms with van der Waals surface area (Å²) in [5.74, 6) is 1.00. The average Bonchev–Trinajstić information content (AvgIpc) is 2.70. The van der Waals surface area contributed by atoms with Gasteiger partial charge in [0.25, 0.3) is 0 Å². The Morgan fingerprint density at radius 1 is 1.59 bits per heavy atom. The highest BCUT2D eigenvalue weighted by Gasteiger charge is 2.37. The molecule has 0 radical (unpaired) electrons. The van der Waals surface area contributed by atoms with Crippen LogP contribution in [0.15, 0.2) is 6.33 Å². The maximum atomic E-state index is 12.0. The van der Waals surface area contributed by atoms with E-state index in [1.165, 1.54) is 12.7 Å². The van der Waals surface area contributed by atoms with Crippen molar-refractivity contribution in [2.75, 3.05) is 6.54 Å². The molecular formula is C12H20N4O. The highest BCUT2D eigenvalue weighted by atomic mass is 16.1. The molecule has 1 saturated carbocycles. The molecule has 5 heteroatoms. The second-order valence-electron chi connectivity index (χ2n) is 4.94. The second-order valence-corrected chi connectivity index (χ2v) is 4.94. The molecule has 2 N–H and O–H groups in total. The molecule has 1 aliphatic rings. The van der Waals surface area contributed by atoms with E-state index in [1.807, 2.05) is 6.92 Å². The van der Waals surface area contributed by atoms with Gasteiger partial charge in [0.15, 0.2) is 0 Å². The number of aromatic nitrogens is 3. The van der Waals surface area contributed by atoms with Crippen LogP contribution in [0.25, 0.3) is 0 Å². The van der Waals surface area contributed by atoms with Crippen LogP contribution in [0.5, 0.6) is 0 Å². The van der Waals surface area contributed by atoms with E-state index in [0.717, 1.165) is 25.2 Å². The van der Waals surface area contributed by atoms with Gasteiger partial charge in [0.2, 0.25) is 0 Å². The maximum absolute atomic E-state index is 12.0. The second kappa shape index (κ2) is 4.96. The number of nitrogens with zero attached hydrogens (tertiary/aromatic N) is 3. The summed E-state index contributed by atoms with van der Waals surface area (Å²) in [6.07, 6.45) is 5.88. The van der Waals surface area contributed by atoms with Crippen molar-refractivity contribution in [2.24, 2.45) is 11.1 Å². The molecule has 0 saturated heterocycles. The molecule has 5 nitrogen and oxygen atoms in total. The fraction of sp³-hybridized carbons (Fsp3) is 0.750. The Morgan fingerprint density at radius 3 is 2.88 bits per heavy atom. The molecule has 17 heavy (non-hydrogen) atoms. The third kappa shape index (κ3) is 2.54. The third-order valence-corrected chi connectivity index (χ3v) is 3.77. The molecule has 1 fully saturated rings. The summed E-state index contributed by atoms with van der Waals surface area (Å²) in [6.45, 7) is 3.37. The fourth-order valence-corrected chi connectivity index (χ4v) is 2.48. The Bertz CT molecular complexity index is 389. The van der Waals surface area contributed by atoms with Crippen molar-refractivity contribution in [1.82, 2.24) is 14.8 Å². The predicted octanol–water partition coefficient (Wildman–Crippen LogP) is 0.929. The molecule has 0 aromatic carbocycles. The van der Waals surface area contributed by atoms with Crippen LogP contribution in [0.4, 0.5) is 0 Å². The van der Waals surface area contributed by atoms with Gasteiger partial charge in [-0.15, -0.1) is 0 Å². The standard InChI is InChI=1S/C12H20N4O/c1-2-16-11(14-9-15-16)6-10(17)7-12(8-13)4-3-5-12/h9H,2-8,13H2,1H3. The van der Waals surface area contributed by atoms with Crippen molar-refractivity contribution in [2.45, 2.75) is 45.6 Å². The summed E-state index contributed by atoms with van der Waals surface area (Å²) < 4.78 is 1.77. The summed E-state index contributed by atoms with van der Waals surface area (Å²) in [7, 11) is 0. The Hall–Kier alpha value is -1.23. The molecule has 1 aromatic heterocycles. The van der Waals surface area contributed by atoms with Crippen molar-refractivity contribution in [3.05, 3.63) is 12.2 Å². The van der Waals surface area contributed by atoms with Gasteiger partial charge in [0.05, 0.1) is 6.42 Å². The molecule has 1 aliphatic carbocycles. The largest absolute Gasteiger partial charge is 0.330 e. The van der Waals surface area contributed by atoms with E-state index < -0.39 is 0 Å². The lowest BCUT2D eigenvalue weighted by Crippen LogP contribution is -2.39. The van der Waals surface area contributed by atoms with Crippen LogP contribution in [-0.2, 0) is 17.8 Å². The molecule has 0 amide bonds. The Labute approximate surface area is 101 Å². The van der Waals surface area contributed by atoms with Gasteiger partial charge in [0.1, 0.15) is 17.9 Å². The van der Waals surface area contributed by atoms with Crippen molar-refractivity contribution in [3.8, 4) is 0 Å². The van der Waals surface area contributed by atoms with Gasteiger partial charge in [-0.1, -0.05) is 6.42 Å². The number of hydrogen-bond acceptors (Lipinski definition) is 4. The zero-order valence-corrected chi connectivity index (χ0v) is 10.4. The van der Waals surface area contributed by atoms with E-state index in [-0.39, 0.29) is 11.2 Å². The maximum Gasteiger partial charge on any atom is 0.141 e. The summed E-state index contributed by atoms with van der Waals surface area (Å²) in [4.78, 5) is 16.1. The first-order valence-corrected chi connectivity index (χ1v) is 6.27. The third-order valence-electron chi connectivity index (χ3n) is 3.77. The molecule has 0 unspecified atom stereocenters. The first kappa shape index (κ1) is 12.2. The number of aryl methyl sites for hydroxylation is 1. The van der Waals surface area contributed by atoms with Gasteiger partial charge in [0, 0.05) is 13.0 Å². The minimum absolute atomic E-state index is 0.0914. The lowest BCUT2D eigenvalue weighted by atomic mass is 9.66. The van der Waals surface area contributed by atoms with Crippen LogP contribution in [0.1, 0.15) is 38.4 Å². The van der Waals surface area contributed by atoms with Crippen molar-refractivity contribution in [3.63, 3.8) is 0 Å². The van der Waals surface area contributed by atoms with Crippen LogP contribution < -0.4 is 5.73 Å². The van der Waals surface area contributed by atoms with Gasteiger partial charge in [-0.2, -0.15) is 5.10 Å². The van der Waals surface area contributed by atoms with Crippen LogP contribution in [0.2, 0.25) is 0 Å². The Balaban J connectivity index is 1.93. The number of nitrogens with two attached hydrogens (primary N) is 1. The lowest BCUT2D eigenvalue weighted by Gasteiger charge is -2.40. The Kier molecular flexibility index (Phi) is 3.57. The molecule has 1 aromatic rings.